The molecule has 1 aliphatic rings. The molecule has 0 spiro atoms. The highest BCUT2D eigenvalue weighted by atomic mass is 35.5. The van der Waals surface area contributed by atoms with Crippen LogP contribution in [0.3, 0.4) is 0 Å². The maximum Gasteiger partial charge on any atom is 0.0824 e. The van der Waals surface area contributed by atoms with Gasteiger partial charge in [0, 0.05) is 56.0 Å². The maximum absolute atomic E-state index is 6.08. The average molecular weight is 466 g/mol. The summed E-state index contributed by atoms with van der Waals surface area (Å²) in [6.45, 7) is 3.82. The quantitative estimate of drug-likeness (QED) is 0.398. The molecule has 0 unspecified atom stereocenters. The van der Waals surface area contributed by atoms with Crippen molar-refractivity contribution in [2.45, 2.75) is 19.3 Å². The molecule has 1 aliphatic heterocycles. The van der Waals surface area contributed by atoms with Crippen molar-refractivity contribution < 1.29 is 0 Å². The van der Waals surface area contributed by atoms with Gasteiger partial charge in [-0.25, -0.2) is 0 Å². The fourth-order valence-corrected chi connectivity index (χ4v) is 4.32. The Morgan fingerprint density at radius 2 is 1.22 bits per heavy atom. The van der Waals surface area contributed by atoms with E-state index in [0.717, 1.165) is 36.2 Å². The zero-order valence-electron chi connectivity index (χ0n) is 18.6. The zero-order valence-corrected chi connectivity index (χ0v) is 20.1. The van der Waals surface area contributed by atoms with Gasteiger partial charge in [0.15, 0.2) is 0 Å². The highest BCUT2D eigenvalue weighted by Crippen LogP contribution is 2.24. The lowest BCUT2D eigenvalue weighted by Gasteiger charge is -2.28. The third-order valence-corrected chi connectivity index (χ3v) is 6.39. The Labute approximate surface area is 201 Å². The molecular formula is C27H29Cl2N3. The number of rotatable bonds is 7. The standard InChI is InChI=1S/C27H29Cl2N3/c1-30(2)26-14-7-21(8-15-26)9-16-27-31(19-22-3-10-24(28)11-4-22)17-18-32(27)20-23-5-12-25(29)13-6-23/h3-16,27H,17-20H2,1-2H3. The molecule has 1 fully saturated rings. The molecular weight excluding hydrogens is 437 g/mol. The van der Waals surface area contributed by atoms with E-state index in [-0.39, 0.29) is 6.17 Å². The smallest absolute Gasteiger partial charge is 0.0824 e. The third-order valence-electron chi connectivity index (χ3n) is 5.89. The lowest BCUT2D eigenvalue weighted by atomic mass is 10.1. The van der Waals surface area contributed by atoms with Gasteiger partial charge in [0.1, 0.15) is 0 Å². The van der Waals surface area contributed by atoms with E-state index in [4.69, 9.17) is 23.2 Å². The lowest BCUT2D eigenvalue weighted by Crippen LogP contribution is -2.36. The second-order valence-electron chi connectivity index (χ2n) is 8.45. The van der Waals surface area contributed by atoms with Gasteiger partial charge in [-0.15, -0.1) is 0 Å². The molecule has 3 nitrogen and oxygen atoms in total. The maximum atomic E-state index is 6.08. The van der Waals surface area contributed by atoms with Crippen molar-refractivity contribution in [1.29, 1.82) is 0 Å². The van der Waals surface area contributed by atoms with E-state index in [0.29, 0.717) is 0 Å². The fourth-order valence-electron chi connectivity index (χ4n) is 4.07. The van der Waals surface area contributed by atoms with E-state index >= 15 is 0 Å². The summed E-state index contributed by atoms with van der Waals surface area (Å²) in [7, 11) is 4.12. The van der Waals surface area contributed by atoms with Gasteiger partial charge in [-0.1, -0.05) is 71.8 Å². The Balaban J connectivity index is 1.53. The van der Waals surface area contributed by atoms with Gasteiger partial charge < -0.3 is 4.90 Å². The van der Waals surface area contributed by atoms with Gasteiger partial charge in [0.05, 0.1) is 6.17 Å². The summed E-state index contributed by atoms with van der Waals surface area (Å²) in [6.07, 6.45) is 4.78. The Bertz CT molecular complexity index is 973. The molecule has 1 heterocycles. The van der Waals surface area contributed by atoms with E-state index in [9.17, 15) is 0 Å². The van der Waals surface area contributed by atoms with Gasteiger partial charge in [-0.2, -0.15) is 0 Å². The number of halogens is 2. The fraction of sp³-hybridized carbons (Fsp3) is 0.259. The summed E-state index contributed by atoms with van der Waals surface area (Å²) in [5.74, 6) is 0. The molecule has 4 rings (SSSR count). The van der Waals surface area contributed by atoms with Crippen LogP contribution < -0.4 is 4.90 Å². The van der Waals surface area contributed by atoms with Crippen molar-refractivity contribution in [1.82, 2.24) is 9.80 Å². The molecule has 1 saturated heterocycles. The van der Waals surface area contributed by atoms with Gasteiger partial charge in [0.2, 0.25) is 0 Å². The van der Waals surface area contributed by atoms with Crippen LogP contribution in [0.4, 0.5) is 5.69 Å². The molecule has 32 heavy (non-hydrogen) atoms. The molecule has 0 aliphatic carbocycles. The van der Waals surface area contributed by atoms with Crippen LogP contribution in [-0.4, -0.2) is 43.2 Å². The number of hydrogen-bond acceptors (Lipinski definition) is 3. The van der Waals surface area contributed by atoms with Crippen LogP contribution in [0.25, 0.3) is 6.08 Å². The van der Waals surface area contributed by atoms with Crippen molar-refractivity contribution in [2.24, 2.45) is 0 Å². The second-order valence-corrected chi connectivity index (χ2v) is 9.33. The van der Waals surface area contributed by atoms with Gasteiger partial charge in [-0.3, -0.25) is 9.80 Å². The summed E-state index contributed by atoms with van der Waals surface area (Å²) < 4.78 is 0. The van der Waals surface area contributed by atoms with Crippen LogP contribution in [0.1, 0.15) is 16.7 Å². The number of nitrogens with zero attached hydrogens (tertiary/aromatic N) is 3. The van der Waals surface area contributed by atoms with Gasteiger partial charge in [-0.05, 0) is 53.1 Å². The molecule has 166 valence electrons. The first kappa shape index (κ1) is 22.9. The number of benzene rings is 3. The van der Waals surface area contributed by atoms with E-state index in [1.165, 1.54) is 22.4 Å². The molecule has 0 bridgehead atoms. The van der Waals surface area contributed by atoms with Crippen molar-refractivity contribution in [3.05, 3.63) is 106 Å². The molecule has 0 atom stereocenters. The molecule has 0 radical (unpaired) electrons. The van der Waals surface area contributed by atoms with Crippen molar-refractivity contribution in [3.63, 3.8) is 0 Å². The molecule has 5 heteroatoms. The lowest BCUT2D eigenvalue weighted by molar-refractivity contribution is 0.168. The molecule has 3 aromatic carbocycles. The zero-order chi connectivity index (χ0) is 22.5. The Kier molecular flexibility index (Phi) is 7.54. The summed E-state index contributed by atoms with van der Waals surface area (Å²) in [6, 6.07) is 25.0. The molecule has 3 aromatic rings. The van der Waals surface area contributed by atoms with E-state index in [2.05, 4.69) is 89.5 Å². The Morgan fingerprint density at radius 1 is 0.750 bits per heavy atom. The highest BCUT2D eigenvalue weighted by molar-refractivity contribution is 6.30. The van der Waals surface area contributed by atoms with Crippen LogP contribution in [0, 0.1) is 0 Å². The summed E-state index contributed by atoms with van der Waals surface area (Å²) >= 11 is 12.2. The van der Waals surface area contributed by atoms with E-state index in [1.54, 1.807) is 0 Å². The summed E-state index contributed by atoms with van der Waals surface area (Å²) in [4.78, 5) is 7.15. The van der Waals surface area contributed by atoms with E-state index in [1.807, 2.05) is 24.3 Å². The third kappa shape index (κ3) is 5.93. The number of hydrogen-bond donors (Lipinski definition) is 0. The van der Waals surface area contributed by atoms with Gasteiger partial charge in [0.25, 0.3) is 0 Å². The number of anilines is 1. The van der Waals surface area contributed by atoms with Crippen LogP contribution in [0.2, 0.25) is 10.0 Å². The van der Waals surface area contributed by atoms with Crippen molar-refractivity contribution >= 4 is 35.0 Å². The summed E-state index contributed by atoms with van der Waals surface area (Å²) in [5.41, 5.74) is 4.96. The predicted molar refractivity (Wildman–Crippen MR) is 137 cm³/mol. The Morgan fingerprint density at radius 3 is 1.66 bits per heavy atom. The topological polar surface area (TPSA) is 9.72 Å². The molecule has 0 N–H and O–H groups in total. The predicted octanol–water partition coefficient (Wildman–Crippen LogP) is 6.42. The van der Waals surface area contributed by atoms with E-state index < -0.39 is 0 Å². The first-order chi connectivity index (χ1) is 15.5. The Hall–Kier alpha value is -2.30. The molecule has 0 aromatic heterocycles. The molecule has 0 saturated carbocycles. The van der Waals surface area contributed by atoms with Crippen molar-refractivity contribution in [2.75, 3.05) is 32.1 Å². The van der Waals surface area contributed by atoms with Crippen LogP contribution in [-0.2, 0) is 13.1 Å². The molecule has 0 amide bonds. The highest BCUT2D eigenvalue weighted by Gasteiger charge is 2.29. The van der Waals surface area contributed by atoms with Crippen LogP contribution in [0.15, 0.2) is 78.9 Å². The minimum Gasteiger partial charge on any atom is -0.378 e. The average Bonchev–Trinajstić information content (AvgIpc) is 3.16. The largest absolute Gasteiger partial charge is 0.378 e. The van der Waals surface area contributed by atoms with Crippen LogP contribution >= 0.6 is 23.2 Å². The summed E-state index contributed by atoms with van der Waals surface area (Å²) in [5, 5.41) is 1.55. The normalized spacial score (nSPS) is 15.6. The van der Waals surface area contributed by atoms with Crippen molar-refractivity contribution in [3.8, 4) is 0 Å². The minimum atomic E-state index is 0.217. The van der Waals surface area contributed by atoms with Gasteiger partial charge >= 0.3 is 0 Å². The SMILES string of the molecule is CN(C)c1ccc(C=CC2N(Cc3ccc(Cl)cc3)CCN2Cc2ccc(Cl)cc2)cc1. The first-order valence-corrected chi connectivity index (χ1v) is 11.7. The monoisotopic (exact) mass is 465 g/mol. The first-order valence-electron chi connectivity index (χ1n) is 10.9. The minimum absolute atomic E-state index is 0.217. The van der Waals surface area contributed by atoms with Crippen LogP contribution in [0.5, 0.6) is 0 Å². The second kappa shape index (κ2) is 10.5.